The summed E-state index contributed by atoms with van der Waals surface area (Å²) in [6.07, 6.45) is 6.53. The summed E-state index contributed by atoms with van der Waals surface area (Å²) >= 11 is 0. The van der Waals surface area contributed by atoms with E-state index >= 15 is 0 Å². The monoisotopic (exact) mass is 246 g/mol. The van der Waals surface area contributed by atoms with Crippen molar-refractivity contribution in [3.8, 4) is 0 Å². The molecule has 1 fully saturated rings. The number of nitrogens with two attached hydrogens (primary N) is 1. The Morgan fingerprint density at radius 3 is 2.44 bits per heavy atom. The molecule has 2 nitrogen and oxygen atoms in total. The highest BCUT2D eigenvalue weighted by atomic mass is 15.2. The second-order valence-electron chi connectivity index (χ2n) is 5.67. The van der Waals surface area contributed by atoms with Crippen LogP contribution in [0.15, 0.2) is 24.3 Å². The molecular formula is C16H26N2. The predicted molar refractivity (Wildman–Crippen MR) is 79.9 cm³/mol. The van der Waals surface area contributed by atoms with E-state index < -0.39 is 0 Å². The first kappa shape index (κ1) is 13.3. The van der Waals surface area contributed by atoms with Crippen LogP contribution in [0.4, 0.5) is 11.4 Å². The van der Waals surface area contributed by atoms with Gasteiger partial charge in [0.25, 0.3) is 0 Å². The summed E-state index contributed by atoms with van der Waals surface area (Å²) in [5.41, 5.74) is 8.30. The lowest BCUT2D eigenvalue weighted by atomic mass is 9.86. The molecular weight excluding hydrogens is 220 g/mol. The van der Waals surface area contributed by atoms with Crippen molar-refractivity contribution in [1.82, 2.24) is 0 Å². The van der Waals surface area contributed by atoms with Gasteiger partial charge in [-0.25, -0.2) is 0 Å². The Morgan fingerprint density at radius 2 is 1.83 bits per heavy atom. The van der Waals surface area contributed by atoms with Gasteiger partial charge in [-0.15, -0.1) is 0 Å². The number of nitrogens with zero attached hydrogens (tertiary/aromatic N) is 1. The van der Waals surface area contributed by atoms with Crippen LogP contribution in [0.3, 0.4) is 0 Å². The molecule has 1 aromatic carbocycles. The van der Waals surface area contributed by atoms with E-state index in [0.717, 1.165) is 18.2 Å². The largest absolute Gasteiger partial charge is 0.397 e. The summed E-state index contributed by atoms with van der Waals surface area (Å²) in [5, 5.41) is 0. The molecule has 0 radical (unpaired) electrons. The van der Waals surface area contributed by atoms with E-state index in [-0.39, 0.29) is 0 Å². The van der Waals surface area contributed by atoms with Crippen molar-refractivity contribution < 1.29 is 0 Å². The summed E-state index contributed by atoms with van der Waals surface area (Å²) in [6.45, 7) is 5.74. The third kappa shape index (κ3) is 2.98. The third-order valence-electron chi connectivity index (χ3n) is 4.14. The minimum absolute atomic E-state index is 0.686. The molecule has 0 unspecified atom stereocenters. The van der Waals surface area contributed by atoms with Crippen LogP contribution < -0.4 is 10.6 Å². The maximum absolute atomic E-state index is 6.14. The van der Waals surface area contributed by atoms with Gasteiger partial charge in [0.05, 0.1) is 11.4 Å². The van der Waals surface area contributed by atoms with Crippen molar-refractivity contribution in [1.29, 1.82) is 0 Å². The van der Waals surface area contributed by atoms with E-state index in [1.54, 1.807) is 0 Å². The van der Waals surface area contributed by atoms with E-state index in [4.69, 9.17) is 5.73 Å². The van der Waals surface area contributed by atoms with Gasteiger partial charge < -0.3 is 10.6 Å². The molecule has 18 heavy (non-hydrogen) atoms. The van der Waals surface area contributed by atoms with Gasteiger partial charge in [-0.3, -0.25) is 0 Å². The molecule has 0 amide bonds. The van der Waals surface area contributed by atoms with Crippen LogP contribution in [0, 0.1) is 5.92 Å². The summed E-state index contributed by atoms with van der Waals surface area (Å²) in [7, 11) is 0. The SMILES string of the molecule is CCCN(c1ccccc1N)C1CCC(C)CC1. The standard InChI is InChI=1S/C16H26N2/c1-3-12-18(14-10-8-13(2)9-11-14)16-7-5-4-6-15(16)17/h4-7,13-14H,3,8-12,17H2,1-2H3. The summed E-state index contributed by atoms with van der Waals surface area (Å²) < 4.78 is 0. The fourth-order valence-corrected chi connectivity index (χ4v) is 3.04. The smallest absolute Gasteiger partial charge is 0.0602 e. The molecule has 1 saturated carbocycles. The Balaban J connectivity index is 2.15. The fourth-order valence-electron chi connectivity index (χ4n) is 3.04. The highest BCUT2D eigenvalue weighted by Gasteiger charge is 2.24. The lowest BCUT2D eigenvalue weighted by Crippen LogP contribution is -2.39. The van der Waals surface area contributed by atoms with Gasteiger partial charge in [0.1, 0.15) is 0 Å². The molecule has 0 aromatic heterocycles. The minimum Gasteiger partial charge on any atom is -0.397 e. The first-order valence-electron chi connectivity index (χ1n) is 7.33. The van der Waals surface area contributed by atoms with Crippen LogP contribution in [0.2, 0.25) is 0 Å². The fraction of sp³-hybridized carbons (Fsp3) is 0.625. The number of para-hydroxylation sites is 2. The van der Waals surface area contributed by atoms with Crippen molar-refractivity contribution >= 4 is 11.4 Å². The second kappa shape index (κ2) is 6.12. The Hall–Kier alpha value is -1.18. The molecule has 2 N–H and O–H groups in total. The Bertz CT molecular complexity index is 367. The Labute approximate surface area is 111 Å². The molecule has 2 rings (SSSR count). The summed E-state index contributed by atoms with van der Waals surface area (Å²) in [5.74, 6) is 0.901. The maximum Gasteiger partial charge on any atom is 0.0602 e. The third-order valence-corrected chi connectivity index (χ3v) is 4.14. The predicted octanol–water partition coefficient (Wildman–Crippen LogP) is 4.06. The first-order valence-corrected chi connectivity index (χ1v) is 7.33. The molecule has 0 atom stereocenters. The van der Waals surface area contributed by atoms with Crippen molar-refractivity contribution in [2.24, 2.45) is 5.92 Å². The van der Waals surface area contributed by atoms with Crippen LogP contribution in [0.5, 0.6) is 0 Å². The van der Waals surface area contributed by atoms with E-state index in [9.17, 15) is 0 Å². The molecule has 1 aliphatic rings. The number of hydrogen-bond donors (Lipinski definition) is 1. The van der Waals surface area contributed by atoms with Crippen LogP contribution in [0.1, 0.15) is 46.0 Å². The van der Waals surface area contributed by atoms with E-state index in [0.29, 0.717) is 6.04 Å². The highest BCUT2D eigenvalue weighted by Crippen LogP contribution is 2.32. The summed E-state index contributed by atoms with van der Waals surface area (Å²) in [4.78, 5) is 2.54. The summed E-state index contributed by atoms with van der Waals surface area (Å²) in [6, 6.07) is 8.99. The van der Waals surface area contributed by atoms with Crippen LogP contribution >= 0.6 is 0 Å². The van der Waals surface area contributed by atoms with Gasteiger partial charge >= 0.3 is 0 Å². The Kier molecular flexibility index (Phi) is 4.51. The molecule has 0 spiro atoms. The highest BCUT2D eigenvalue weighted by molar-refractivity contribution is 5.67. The molecule has 0 bridgehead atoms. The second-order valence-corrected chi connectivity index (χ2v) is 5.67. The first-order chi connectivity index (χ1) is 8.72. The number of rotatable bonds is 4. The number of nitrogen functional groups attached to an aromatic ring is 1. The molecule has 1 aliphatic carbocycles. The number of hydrogen-bond acceptors (Lipinski definition) is 2. The van der Waals surface area contributed by atoms with Crippen molar-refractivity contribution in [2.75, 3.05) is 17.2 Å². The van der Waals surface area contributed by atoms with Crippen molar-refractivity contribution in [3.63, 3.8) is 0 Å². The molecule has 1 aromatic rings. The van der Waals surface area contributed by atoms with Crippen LogP contribution in [0.25, 0.3) is 0 Å². The number of benzene rings is 1. The molecule has 0 heterocycles. The molecule has 2 heteroatoms. The van der Waals surface area contributed by atoms with Crippen LogP contribution in [-0.4, -0.2) is 12.6 Å². The average molecular weight is 246 g/mol. The molecule has 0 saturated heterocycles. The number of anilines is 2. The van der Waals surface area contributed by atoms with Gasteiger partial charge in [0.2, 0.25) is 0 Å². The van der Waals surface area contributed by atoms with Gasteiger partial charge in [0.15, 0.2) is 0 Å². The topological polar surface area (TPSA) is 29.3 Å². The van der Waals surface area contributed by atoms with E-state index in [1.165, 1.54) is 37.8 Å². The van der Waals surface area contributed by atoms with E-state index in [1.807, 2.05) is 12.1 Å². The van der Waals surface area contributed by atoms with Crippen LogP contribution in [-0.2, 0) is 0 Å². The van der Waals surface area contributed by atoms with Crippen molar-refractivity contribution in [2.45, 2.75) is 52.0 Å². The maximum atomic E-state index is 6.14. The average Bonchev–Trinajstić information content (AvgIpc) is 2.38. The zero-order valence-corrected chi connectivity index (χ0v) is 11.7. The molecule has 100 valence electrons. The van der Waals surface area contributed by atoms with E-state index in [2.05, 4.69) is 30.9 Å². The lowest BCUT2D eigenvalue weighted by Gasteiger charge is -2.38. The lowest BCUT2D eigenvalue weighted by molar-refractivity contribution is 0.334. The normalized spacial score (nSPS) is 23.9. The Morgan fingerprint density at radius 1 is 1.17 bits per heavy atom. The van der Waals surface area contributed by atoms with Gasteiger partial charge in [0, 0.05) is 12.6 Å². The zero-order chi connectivity index (χ0) is 13.0. The minimum atomic E-state index is 0.686. The van der Waals surface area contributed by atoms with Gasteiger partial charge in [-0.2, -0.15) is 0 Å². The quantitative estimate of drug-likeness (QED) is 0.812. The van der Waals surface area contributed by atoms with Gasteiger partial charge in [-0.05, 0) is 50.2 Å². The zero-order valence-electron chi connectivity index (χ0n) is 11.7. The van der Waals surface area contributed by atoms with Crippen molar-refractivity contribution in [3.05, 3.63) is 24.3 Å². The van der Waals surface area contributed by atoms with Gasteiger partial charge in [-0.1, -0.05) is 26.0 Å². The molecule has 0 aliphatic heterocycles.